The first kappa shape index (κ1) is 14.0. The van der Waals surface area contributed by atoms with E-state index in [1.54, 1.807) is 11.7 Å². The minimum absolute atomic E-state index is 0.142. The molecule has 0 bridgehead atoms. The molecule has 1 aromatic rings. The quantitative estimate of drug-likeness (QED) is 0.864. The van der Waals surface area contributed by atoms with E-state index in [-0.39, 0.29) is 5.91 Å². The largest absolute Gasteiger partial charge is 0.481 e. The number of thiazole rings is 1. The number of carboxylic acid groups (broad SMARTS) is 1. The Bertz CT molecular complexity index is 447. The number of aliphatic carboxylic acids is 1. The monoisotopic (exact) mass is 282 g/mol. The predicted octanol–water partition coefficient (Wildman–Crippen LogP) is 1.90. The lowest BCUT2D eigenvalue weighted by Gasteiger charge is -2.14. The van der Waals surface area contributed by atoms with Crippen LogP contribution in [0.5, 0.6) is 0 Å². The second kappa shape index (κ2) is 6.14. The molecule has 5 nitrogen and oxygen atoms in total. The van der Waals surface area contributed by atoms with E-state index in [1.807, 2.05) is 6.92 Å². The van der Waals surface area contributed by atoms with Crippen LogP contribution >= 0.6 is 11.3 Å². The third kappa shape index (κ3) is 3.32. The number of carbonyl (C=O) groups is 2. The summed E-state index contributed by atoms with van der Waals surface area (Å²) in [6, 6.07) is 0. The van der Waals surface area contributed by atoms with Crippen LogP contribution in [0.25, 0.3) is 0 Å². The molecule has 19 heavy (non-hydrogen) atoms. The molecule has 1 aromatic heterocycles. The Morgan fingerprint density at radius 2 is 2.21 bits per heavy atom. The molecule has 0 radical (unpaired) electrons. The van der Waals surface area contributed by atoms with Gasteiger partial charge in [0, 0.05) is 11.1 Å². The summed E-state index contributed by atoms with van der Waals surface area (Å²) in [6.07, 6.45) is 3.94. The Labute approximate surface area is 116 Å². The Balaban J connectivity index is 1.94. The number of nitrogens with one attached hydrogen (secondary N) is 1. The molecule has 2 N–H and O–H groups in total. The van der Waals surface area contributed by atoms with Crippen molar-refractivity contribution >= 4 is 23.2 Å². The fraction of sp³-hybridized carbons (Fsp3) is 0.615. The molecule has 104 valence electrons. The minimum atomic E-state index is -0.853. The minimum Gasteiger partial charge on any atom is -0.481 e. The number of amides is 1. The van der Waals surface area contributed by atoms with Gasteiger partial charge in [-0.15, -0.1) is 11.3 Å². The van der Waals surface area contributed by atoms with Crippen molar-refractivity contribution in [2.75, 3.05) is 0 Å². The van der Waals surface area contributed by atoms with Gasteiger partial charge in [0.1, 0.15) is 0 Å². The highest BCUT2D eigenvalue weighted by atomic mass is 32.1. The maximum Gasteiger partial charge on any atom is 0.307 e. The van der Waals surface area contributed by atoms with Crippen LogP contribution in [0.4, 0.5) is 0 Å². The van der Waals surface area contributed by atoms with E-state index in [0.717, 1.165) is 11.3 Å². The van der Waals surface area contributed by atoms with Gasteiger partial charge >= 0.3 is 5.97 Å². The molecule has 0 saturated heterocycles. The SMILES string of the molecule is CCC1CC(C(=O)O)C(C(=O)NCc2cncs2)C1. The van der Waals surface area contributed by atoms with E-state index in [9.17, 15) is 14.7 Å². The number of aromatic nitrogens is 1. The molecular weight excluding hydrogens is 264 g/mol. The van der Waals surface area contributed by atoms with E-state index >= 15 is 0 Å². The Morgan fingerprint density at radius 3 is 2.79 bits per heavy atom. The molecule has 1 aliphatic rings. The van der Waals surface area contributed by atoms with Crippen LogP contribution in [0.2, 0.25) is 0 Å². The molecule has 1 saturated carbocycles. The van der Waals surface area contributed by atoms with Gasteiger partial charge in [-0.25, -0.2) is 0 Å². The lowest BCUT2D eigenvalue weighted by Crippen LogP contribution is -2.34. The third-order valence-corrected chi connectivity index (χ3v) is 4.59. The summed E-state index contributed by atoms with van der Waals surface area (Å²) in [4.78, 5) is 28.3. The first-order valence-electron chi connectivity index (χ1n) is 6.49. The fourth-order valence-electron chi connectivity index (χ4n) is 2.67. The standard InChI is InChI=1S/C13H18N2O3S/c1-2-8-3-10(11(4-8)13(17)18)12(16)15-6-9-5-14-7-19-9/h5,7-8,10-11H,2-4,6H2,1H3,(H,15,16)(H,17,18). The van der Waals surface area contributed by atoms with Gasteiger partial charge in [-0.1, -0.05) is 13.3 Å². The molecule has 0 aromatic carbocycles. The van der Waals surface area contributed by atoms with Gasteiger partial charge in [0.15, 0.2) is 0 Å². The van der Waals surface area contributed by atoms with E-state index in [0.29, 0.717) is 25.3 Å². The highest BCUT2D eigenvalue weighted by Crippen LogP contribution is 2.38. The molecule has 3 unspecified atom stereocenters. The molecule has 6 heteroatoms. The van der Waals surface area contributed by atoms with Crippen LogP contribution in [0.15, 0.2) is 11.7 Å². The van der Waals surface area contributed by atoms with Gasteiger partial charge < -0.3 is 10.4 Å². The van der Waals surface area contributed by atoms with Gasteiger partial charge in [-0.3, -0.25) is 14.6 Å². The number of carboxylic acids is 1. The Morgan fingerprint density at radius 1 is 1.47 bits per heavy atom. The number of carbonyl (C=O) groups excluding carboxylic acids is 1. The van der Waals surface area contributed by atoms with Crippen LogP contribution in [0, 0.1) is 17.8 Å². The average molecular weight is 282 g/mol. The van der Waals surface area contributed by atoms with Crippen molar-refractivity contribution in [3.8, 4) is 0 Å². The molecule has 2 rings (SSSR count). The number of hydrogen-bond donors (Lipinski definition) is 2. The molecule has 0 aliphatic heterocycles. The summed E-state index contributed by atoms with van der Waals surface area (Å²) in [5.74, 6) is -1.58. The summed E-state index contributed by atoms with van der Waals surface area (Å²) >= 11 is 1.48. The maximum atomic E-state index is 12.1. The number of rotatable bonds is 5. The van der Waals surface area contributed by atoms with Gasteiger partial charge in [0.05, 0.1) is 23.9 Å². The molecule has 1 amide bonds. The molecule has 1 aliphatic carbocycles. The molecular formula is C13H18N2O3S. The first-order chi connectivity index (χ1) is 9.11. The zero-order valence-corrected chi connectivity index (χ0v) is 11.7. The van der Waals surface area contributed by atoms with Crippen LogP contribution in [-0.4, -0.2) is 22.0 Å². The second-order valence-corrected chi connectivity index (χ2v) is 5.95. The second-order valence-electron chi connectivity index (χ2n) is 4.98. The summed E-state index contributed by atoms with van der Waals surface area (Å²) in [5.41, 5.74) is 1.71. The molecule has 3 atom stereocenters. The molecule has 1 fully saturated rings. The lowest BCUT2D eigenvalue weighted by atomic mass is 9.95. The van der Waals surface area contributed by atoms with E-state index in [4.69, 9.17) is 0 Å². The zero-order valence-electron chi connectivity index (χ0n) is 10.8. The summed E-state index contributed by atoms with van der Waals surface area (Å²) < 4.78 is 0. The van der Waals surface area contributed by atoms with Crippen LogP contribution in [0.1, 0.15) is 31.1 Å². The average Bonchev–Trinajstić information content (AvgIpc) is 3.04. The van der Waals surface area contributed by atoms with E-state index in [2.05, 4.69) is 10.3 Å². The van der Waals surface area contributed by atoms with Gasteiger partial charge in [0.25, 0.3) is 0 Å². The van der Waals surface area contributed by atoms with Crippen molar-refractivity contribution in [1.82, 2.24) is 10.3 Å². The Hall–Kier alpha value is -1.43. The summed E-state index contributed by atoms with van der Waals surface area (Å²) in [5, 5.41) is 12.0. The highest BCUT2D eigenvalue weighted by molar-refractivity contribution is 7.09. The van der Waals surface area contributed by atoms with E-state index < -0.39 is 17.8 Å². The molecule has 0 spiro atoms. The van der Waals surface area contributed by atoms with Crippen molar-refractivity contribution in [2.45, 2.75) is 32.7 Å². The smallest absolute Gasteiger partial charge is 0.307 e. The van der Waals surface area contributed by atoms with Gasteiger partial charge in [-0.05, 0) is 18.8 Å². The van der Waals surface area contributed by atoms with Crippen molar-refractivity contribution in [1.29, 1.82) is 0 Å². The highest BCUT2D eigenvalue weighted by Gasteiger charge is 2.41. The number of hydrogen-bond acceptors (Lipinski definition) is 4. The predicted molar refractivity (Wildman–Crippen MR) is 71.6 cm³/mol. The van der Waals surface area contributed by atoms with Crippen molar-refractivity contribution in [2.24, 2.45) is 17.8 Å². The van der Waals surface area contributed by atoms with Crippen molar-refractivity contribution in [3.05, 3.63) is 16.6 Å². The Kier molecular flexibility index (Phi) is 4.52. The summed E-state index contributed by atoms with van der Waals surface area (Å²) in [7, 11) is 0. The van der Waals surface area contributed by atoms with Crippen molar-refractivity contribution < 1.29 is 14.7 Å². The van der Waals surface area contributed by atoms with Gasteiger partial charge in [0.2, 0.25) is 5.91 Å². The van der Waals surface area contributed by atoms with Gasteiger partial charge in [-0.2, -0.15) is 0 Å². The topological polar surface area (TPSA) is 79.3 Å². The fourth-order valence-corrected chi connectivity index (χ4v) is 3.21. The van der Waals surface area contributed by atoms with E-state index in [1.165, 1.54) is 11.3 Å². The first-order valence-corrected chi connectivity index (χ1v) is 7.37. The maximum absolute atomic E-state index is 12.1. The lowest BCUT2D eigenvalue weighted by molar-refractivity contribution is -0.146. The number of nitrogens with zero attached hydrogens (tertiary/aromatic N) is 1. The third-order valence-electron chi connectivity index (χ3n) is 3.81. The molecule has 1 heterocycles. The summed E-state index contributed by atoms with van der Waals surface area (Å²) in [6.45, 7) is 2.48. The zero-order chi connectivity index (χ0) is 13.8. The normalized spacial score (nSPS) is 26.3. The van der Waals surface area contributed by atoms with Crippen LogP contribution < -0.4 is 5.32 Å². The van der Waals surface area contributed by atoms with Crippen LogP contribution in [0.3, 0.4) is 0 Å². The van der Waals surface area contributed by atoms with Crippen LogP contribution in [-0.2, 0) is 16.1 Å². The van der Waals surface area contributed by atoms with Crippen molar-refractivity contribution in [3.63, 3.8) is 0 Å².